The molecule has 0 saturated carbocycles. The van der Waals surface area contributed by atoms with E-state index in [0.717, 1.165) is 19.4 Å². The van der Waals surface area contributed by atoms with Crippen LogP contribution in [-0.2, 0) is 0 Å². The Morgan fingerprint density at radius 1 is 1.35 bits per heavy atom. The van der Waals surface area contributed by atoms with Gasteiger partial charge < -0.3 is 10.8 Å². The summed E-state index contributed by atoms with van der Waals surface area (Å²) in [5, 5.41) is 9.13. The van der Waals surface area contributed by atoms with E-state index in [1.165, 1.54) is 5.56 Å². The number of hydrogen-bond acceptors (Lipinski definition) is 4. The lowest BCUT2D eigenvalue weighted by molar-refractivity contribution is 0.151. The van der Waals surface area contributed by atoms with E-state index in [1.807, 2.05) is 12.1 Å². The minimum Gasteiger partial charge on any atom is -0.395 e. The molecule has 0 aliphatic heterocycles. The van der Waals surface area contributed by atoms with Gasteiger partial charge in [0.15, 0.2) is 0 Å². The summed E-state index contributed by atoms with van der Waals surface area (Å²) in [6.45, 7) is 4.55. The van der Waals surface area contributed by atoms with Crippen molar-refractivity contribution in [2.45, 2.75) is 25.8 Å². The normalized spacial score (nSPS) is 12.9. The van der Waals surface area contributed by atoms with E-state index in [1.54, 1.807) is 12.4 Å². The molecule has 1 unspecified atom stereocenters. The summed E-state index contributed by atoms with van der Waals surface area (Å²) in [6, 6.07) is 4.17. The van der Waals surface area contributed by atoms with Crippen molar-refractivity contribution in [1.82, 2.24) is 9.88 Å². The van der Waals surface area contributed by atoms with Crippen LogP contribution in [0.2, 0.25) is 0 Å². The Labute approximate surface area is 103 Å². The molecule has 0 bridgehead atoms. The van der Waals surface area contributed by atoms with Crippen molar-refractivity contribution in [2.24, 2.45) is 5.73 Å². The summed E-state index contributed by atoms with van der Waals surface area (Å²) in [5.74, 6) is 0. The second-order valence-electron chi connectivity index (χ2n) is 4.15. The fourth-order valence-corrected chi connectivity index (χ4v) is 1.99. The van der Waals surface area contributed by atoms with Crippen LogP contribution in [0.5, 0.6) is 0 Å². The second kappa shape index (κ2) is 8.17. The molecular formula is C13H23N3O. The van der Waals surface area contributed by atoms with Gasteiger partial charge in [-0.25, -0.2) is 0 Å². The minimum atomic E-state index is 0.172. The maximum absolute atomic E-state index is 9.13. The van der Waals surface area contributed by atoms with Crippen LogP contribution in [0, 0.1) is 0 Å². The summed E-state index contributed by atoms with van der Waals surface area (Å²) in [7, 11) is 0. The fourth-order valence-electron chi connectivity index (χ4n) is 1.99. The highest BCUT2D eigenvalue weighted by Crippen LogP contribution is 2.19. The first-order valence-corrected chi connectivity index (χ1v) is 6.28. The van der Waals surface area contributed by atoms with E-state index in [9.17, 15) is 0 Å². The van der Waals surface area contributed by atoms with Crippen LogP contribution in [0.1, 0.15) is 31.4 Å². The highest BCUT2D eigenvalue weighted by Gasteiger charge is 2.17. The molecule has 0 aliphatic carbocycles. The predicted molar refractivity (Wildman–Crippen MR) is 69.6 cm³/mol. The molecule has 0 spiro atoms. The van der Waals surface area contributed by atoms with Crippen LogP contribution in [0.15, 0.2) is 24.5 Å². The first-order chi connectivity index (χ1) is 8.33. The van der Waals surface area contributed by atoms with Gasteiger partial charge in [-0.2, -0.15) is 0 Å². The zero-order valence-electron chi connectivity index (χ0n) is 10.5. The van der Waals surface area contributed by atoms with E-state index in [2.05, 4.69) is 16.8 Å². The lowest BCUT2D eigenvalue weighted by Crippen LogP contribution is -2.36. The lowest BCUT2D eigenvalue weighted by Gasteiger charge is -2.30. The Morgan fingerprint density at radius 2 is 2.06 bits per heavy atom. The number of unbranched alkanes of at least 4 members (excludes halogenated alkanes) is 1. The molecule has 1 atom stereocenters. The van der Waals surface area contributed by atoms with E-state index in [4.69, 9.17) is 10.8 Å². The number of hydrogen-bond donors (Lipinski definition) is 2. The van der Waals surface area contributed by atoms with Crippen molar-refractivity contribution in [3.8, 4) is 0 Å². The zero-order chi connectivity index (χ0) is 12.5. The molecule has 1 aromatic rings. The highest BCUT2D eigenvalue weighted by atomic mass is 16.3. The largest absolute Gasteiger partial charge is 0.395 e. The molecule has 0 saturated heterocycles. The van der Waals surface area contributed by atoms with Crippen LogP contribution in [0.4, 0.5) is 0 Å². The number of nitrogens with two attached hydrogens (primary N) is 1. The third-order valence-corrected chi connectivity index (χ3v) is 2.94. The Balaban J connectivity index is 2.73. The molecule has 0 aromatic carbocycles. The average molecular weight is 237 g/mol. The van der Waals surface area contributed by atoms with Crippen molar-refractivity contribution < 1.29 is 5.11 Å². The predicted octanol–water partition coefficient (Wildman–Crippen LogP) is 1.18. The average Bonchev–Trinajstić information content (AvgIpc) is 2.38. The van der Waals surface area contributed by atoms with Gasteiger partial charge in [-0.3, -0.25) is 9.88 Å². The Bertz CT molecular complexity index is 292. The van der Waals surface area contributed by atoms with Gasteiger partial charge in [-0.1, -0.05) is 13.3 Å². The Hall–Kier alpha value is -0.970. The van der Waals surface area contributed by atoms with Gasteiger partial charge in [0.25, 0.3) is 0 Å². The Morgan fingerprint density at radius 3 is 2.59 bits per heavy atom. The number of aliphatic hydroxyl groups excluding tert-OH is 1. The summed E-state index contributed by atoms with van der Waals surface area (Å²) in [5.41, 5.74) is 7.04. The topological polar surface area (TPSA) is 62.4 Å². The van der Waals surface area contributed by atoms with Crippen molar-refractivity contribution in [3.05, 3.63) is 30.1 Å². The Kier molecular flexibility index (Phi) is 6.77. The number of aromatic nitrogens is 1. The third-order valence-electron chi connectivity index (χ3n) is 2.94. The summed E-state index contributed by atoms with van der Waals surface area (Å²) in [6.07, 6.45) is 5.85. The minimum absolute atomic E-state index is 0.172. The van der Waals surface area contributed by atoms with Crippen LogP contribution in [0.3, 0.4) is 0 Å². The molecule has 96 valence electrons. The zero-order valence-corrected chi connectivity index (χ0v) is 10.5. The molecule has 4 nitrogen and oxygen atoms in total. The lowest BCUT2D eigenvalue weighted by atomic mass is 10.1. The smallest absolute Gasteiger partial charge is 0.0558 e. The van der Waals surface area contributed by atoms with E-state index < -0.39 is 0 Å². The van der Waals surface area contributed by atoms with Crippen molar-refractivity contribution >= 4 is 0 Å². The maximum atomic E-state index is 9.13. The molecule has 0 aliphatic rings. The molecule has 0 fully saturated rings. The molecule has 1 aromatic heterocycles. The number of aliphatic hydroxyl groups is 1. The first-order valence-electron chi connectivity index (χ1n) is 6.28. The monoisotopic (exact) mass is 237 g/mol. The summed E-state index contributed by atoms with van der Waals surface area (Å²) in [4.78, 5) is 6.27. The van der Waals surface area contributed by atoms with Crippen molar-refractivity contribution in [1.29, 1.82) is 0 Å². The number of nitrogens with zero attached hydrogens (tertiary/aromatic N) is 2. The van der Waals surface area contributed by atoms with Crippen LogP contribution in [0.25, 0.3) is 0 Å². The molecule has 0 radical (unpaired) electrons. The van der Waals surface area contributed by atoms with Gasteiger partial charge in [0.2, 0.25) is 0 Å². The number of pyridine rings is 1. The van der Waals surface area contributed by atoms with Gasteiger partial charge in [0.1, 0.15) is 0 Å². The van der Waals surface area contributed by atoms with Crippen LogP contribution >= 0.6 is 0 Å². The summed E-state index contributed by atoms with van der Waals surface area (Å²) < 4.78 is 0. The SMILES string of the molecule is CCCCN(CCO)C(CN)c1ccncc1. The van der Waals surface area contributed by atoms with Gasteiger partial charge in [-0.15, -0.1) is 0 Å². The molecule has 4 heteroatoms. The second-order valence-corrected chi connectivity index (χ2v) is 4.15. The molecule has 0 amide bonds. The standard InChI is InChI=1S/C13H23N3O/c1-2-3-8-16(9-10-17)13(11-14)12-4-6-15-7-5-12/h4-7,13,17H,2-3,8-11,14H2,1H3. The quantitative estimate of drug-likeness (QED) is 0.712. The molecule has 1 heterocycles. The van der Waals surface area contributed by atoms with E-state index >= 15 is 0 Å². The maximum Gasteiger partial charge on any atom is 0.0558 e. The molecule has 17 heavy (non-hydrogen) atoms. The van der Waals surface area contributed by atoms with E-state index in [-0.39, 0.29) is 12.6 Å². The third kappa shape index (κ3) is 4.42. The summed E-state index contributed by atoms with van der Waals surface area (Å²) >= 11 is 0. The van der Waals surface area contributed by atoms with Gasteiger partial charge in [-0.05, 0) is 30.7 Å². The number of rotatable bonds is 8. The highest BCUT2D eigenvalue weighted by molar-refractivity contribution is 5.15. The first kappa shape index (κ1) is 14.1. The van der Waals surface area contributed by atoms with Crippen molar-refractivity contribution in [3.63, 3.8) is 0 Å². The fraction of sp³-hybridized carbons (Fsp3) is 0.615. The molecule has 3 N–H and O–H groups in total. The van der Waals surface area contributed by atoms with Gasteiger partial charge in [0, 0.05) is 31.5 Å². The van der Waals surface area contributed by atoms with Gasteiger partial charge in [0.05, 0.1) is 6.61 Å². The van der Waals surface area contributed by atoms with E-state index in [0.29, 0.717) is 13.1 Å². The molecule has 1 rings (SSSR count). The van der Waals surface area contributed by atoms with Crippen LogP contribution < -0.4 is 5.73 Å². The molecular weight excluding hydrogens is 214 g/mol. The van der Waals surface area contributed by atoms with Gasteiger partial charge >= 0.3 is 0 Å². The van der Waals surface area contributed by atoms with Crippen LogP contribution in [-0.4, -0.2) is 41.2 Å². The van der Waals surface area contributed by atoms with Crippen molar-refractivity contribution in [2.75, 3.05) is 26.2 Å².